The molecule has 0 saturated carbocycles. The van der Waals surface area contributed by atoms with Crippen LogP contribution in [0.5, 0.6) is 0 Å². The first kappa shape index (κ1) is 23.8. The van der Waals surface area contributed by atoms with E-state index < -0.39 is 36.2 Å². The molecule has 11 heteroatoms. The van der Waals surface area contributed by atoms with Crippen LogP contribution in [0.15, 0.2) is 53.9 Å². The monoisotopic (exact) mass is 492 g/mol. The van der Waals surface area contributed by atoms with E-state index >= 15 is 0 Å². The first-order valence-corrected chi connectivity index (χ1v) is 11.4. The third-order valence-electron chi connectivity index (χ3n) is 5.04. The van der Waals surface area contributed by atoms with Gasteiger partial charge in [0.05, 0.1) is 29.7 Å². The molecule has 2 N–H and O–H groups in total. The number of aryl methyl sites for hydroxylation is 1. The normalized spacial score (nSPS) is 12.3. The van der Waals surface area contributed by atoms with Crippen molar-refractivity contribution in [2.75, 3.05) is 6.61 Å². The van der Waals surface area contributed by atoms with Gasteiger partial charge in [0.2, 0.25) is 5.91 Å². The minimum absolute atomic E-state index is 0.00173. The number of ether oxygens (including phenoxy) is 1. The Morgan fingerprint density at radius 3 is 2.40 bits per heavy atom. The maximum atomic E-state index is 12.8. The molecule has 0 spiro atoms. The standard InChI is InChI=1S/C24H20N4O6S/c1-14-13-35-21(25-14)10-19(29)26-27-20(30)12-34-24(33)16-7-8-17-18(9-16)23(32)28(22(17)31)11-15-5-3-2-4-6-15/h2-9,13H,10-12H2,1H3,(H,26,29)(H,27,30). The van der Waals surface area contributed by atoms with E-state index in [0.29, 0.717) is 5.01 Å². The largest absolute Gasteiger partial charge is 0.452 e. The lowest BCUT2D eigenvalue weighted by molar-refractivity contribution is -0.130. The van der Waals surface area contributed by atoms with Gasteiger partial charge in [-0.1, -0.05) is 30.3 Å². The summed E-state index contributed by atoms with van der Waals surface area (Å²) in [5.41, 5.74) is 6.27. The summed E-state index contributed by atoms with van der Waals surface area (Å²) in [5, 5.41) is 2.41. The predicted octanol–water partition coefficient (Wildman–Crippen LogP) is 1.79. The number of esters is 1. The van der Waals surface area contributed by atoms with Gasteiger partial charge in [-0.15, -0.1) is 11.3 Å². The molecule has 2 heterocycles. The van der Waals surface area contributed by atoms with Gasteiger partial charge in [-0.25, -0.2) is 9.78 Å². The Kier molecular flexibility index (Phi) is 6.97. The molecule has 0 unspecified atom stereocenters. The topological polar surface area (TPSA) is 135 Å². The molecule has 1 aromatic heterocycles. The van der Waals surface area contributed by atoms with Crippen LogP contribution in [0.1, 0.15) is 47.3 Å². The molecule has 2 aromatic carbocycles. The van der Waals surface area contributed by atoms with Crippen LogP contribution >= 0.6 is 11.3 Å². The second-order valence-electron chi connectivity index (χ2n) is 7.67. The van der Waals surface area contributed by atoms with Gasteiger partial charge in [0, 0.05) is 11.1 Å². The maximum Gasteiger partial charge on any atom is 0.338 e. The molecular formula is C24H20N4O6S. The molecule has 3 aromatic rings. The number of imide groups is 1. The summed E-state index contributed by atoms with van der Waals surface area (Å²) in [6.07, 6.45) is 0.00173. The van der Waals surface area contributed by atoms with Crippen molar-refractivity contribution < 1.29 is 28.7 Å². The number of fused-ring (bicyclic) bond motifs is 1. The number of nitrogens with one attached hydrogen (secondary N) is 2. The number of carbonyl (C=O) groups excluding carboxylic acids is 5. The first-order chi connectivity index (χ1) is 16.8. The molecule has 1 aliphatic rings. The number of aromatic nitrogens is 1. The third kappa shape index (κ3) is 5.58. The molecule has 1 aliphatic heterocycles. The molecule has 4 rings (SSSR count). The molecule has 35 heavy (non-hydrogen) atoms. The minimum Gasteiger partial charge on any atom is -0.452 e. The van der Waals surface area contributed by atoms with Crippen LogP contribution in [0.4, 0.5) is 0 Å². The zero-order chi connectivity index (χ0) is 24.9. The fourth-order valence-corrected chi connectivity index (χ4v) is 4.15. The summed E-state index contributed by atoms with van der Waals surface area (Å²) in [6, 6.07) is 13.1. The number of nitrogens with zero attached hydrogens (tertiary/aromatic N) is 2. The minimum atomic E-state index is -0.853. The third-order valence-corrected chi connectivity index (χ3v) is 6.01. The Balaban J connectivity index is 1.30. The highest BCUT2D eigenvalue weighted by Gasteiger charge is 2.36. The number of thiazole rings is 1. The van der Waals surface area contributed by atoms with Gasteiger partial charge in [0.1, 0.15) is 5.01 Å². The number of carbonyl (C=O) groups is 5. The summed E-state index contributed by atoms with van der Waals surface area (Å²) >= 11 is 1.33. The van der Waals surface area contributed by atoms with Crippen molar-refractivity contribution in [3.05, 3.63) is 86.9 Å². The number of benzene rings is 2. The molecular weight excluding hydrogens is 472 g/mol. The van der Waals surface area contributed by atoms with Crippen LogP contribution < -0.4 is 10.9 Å². The zero-order valence-corrected chi connectivity index (χ0v) is 19.4. The van der Waals surface area contributed by atoms with Crippen molar-refractivity contribution in [1.82, 2.24) is 20.7 Å². The van der Waals surface area contributed by atoms with Crippen LogP contribution in [0, 0.1) is 6.92 Å². The van der Waals surface area contributed by atoms with Crippen molar-refractivity contribution in [3.8, 4) is 0 Å². The molecule has 0 aliphatic carbocycles. The summed E-state index contributed by atoms with van der Waals surface area (Å²) in [5.74, 6) is -3.03. The van der Waals surface area contributed by atoms with Crippen LogP contribution in [0.25, 0.3) is 0 Å². The second kappa shape index (κ2) is 10.3. The second-order valence-corrected chi connectivity index (χ2v) is 8.62. The smallest absolute Gasteiger partial charge is 0.338 e. The number of rotatable bonds is 7. The van der Waals surface area contributed by atoms with E-state index in [4.69, 9.17) is 4.74 Å². The number of hydrogen-bond donors (Lipinski definition) is 2. The van der Waals surface area contributed by atoms with Crippen molar-refractivity contribution in [2.24, 2.45) is 0 Å². The van der Waals surface area contributed by atoms with E-state index in [1.165, 1.54) is 29.5 Å². The van der Waals surface area contributed by atoms with E-state index in [1.807, 2.05) is 30.5 Å². The molecule has 0 saturated heterocycles. The summed E-state index contributed by atoms with van der Waals surface area (Å²) in [7, 11) is 0. The molecule has 0 atom stereocenters. The molecule has 4 amide bonds. The van der Waals surface area contributed by atoms with Crippen molar-refractivity contribution >= 4 is 40.9 Å². The van der Waals surface area contributed by atoms with E-state index in [0.717, 1.165) is 16.2 Å². The molecule has 0 bridgehead atoms. The van der Waals surface area contributed by atoms with E-state index in [2.05, 4.69) is 15.8 Å². The lowest BCUT2D eigenvalue weighted by Crippen LogP contribution is -2.44. The lowest BCUT2D eigenvalue weighted by Gasteiger charge is -2.13. The van der Waals surface area contributed by atoms with Gasteiger partial charge < -0.3 is 4.74 Å². The SMILES string of the molecule is Cc1csc(CC(=O)NNC(=O)COC(=O)c2ccc3c(c2)C(=O)N(Cc2ccccc2)C3=O)n1. The summed E-state index contributed by atoms with van der Waals surface area (Å²) < 4.78 is 4.97. The highest BCUT2D eigenvalue weighted by atomic mass is 32.1. The summed E-state index contributed by atoms with van der Waals surface area (Å²) in [6.45, 7) is 1.27. The maximum absolute atomic E-state index is 12.8. The zero-order valence-electron chi connectivity index (χ0n) is 18.6. The molecule has 0 radical (unpaired) electrons. The van der Waals surface area contributed by atoms with E-state index in [9.17, 15) is 24.0 Å². The predicted molar refractivity (Wildman–Crippen MR) is 124 cm³/mol. The average Bonchev–Trinajstić information content (AvgIpc) is 3.37. The van der Waals surface area contributed by atoms with Crippen LogP contribution in [-0.2, 0) is 27.3 Å². The van der Waals surface area contributed by atoms with Crippen LogP contribution in [0.3, 0.4) is 0 Å². The Labute approximate surface area is 203 Å². The van der Waals surface area contributed by atoms with E-state index in [-0.39, 0.29) is 29.7 Å². The van der Waals surface area contributed by atoms with Gasteiger partial charge in [-0.05, 0) is 30.7 Å². The van der Waals surface area contributed by atoms with E-state index in [1.54, 1.807) is 12.1 Å². The lowest BCUT2D eigenvalue weighted by atomic mass is 10.1. The molecule has 0 fully saturated rings. The average molecular weight is 493 g/mol. The van der Waals surface area contributed by atoms with Crippen LogP contribution in [0.2, 0.25) is 0 Å². The van der Waals surface area contributed by atoms with Gasteiger partial charge in [0.15, 0.2) is 6.61 Å². The van der Waals surface area contributed by atoms with Crippen LogP contribution in [-0.4, -0.2) is 46.1 Å². The fourth-order valence-electron chi connectivity index (χ4n) is 3.38. The van der Waals surface area contributed by atoms with Gasteiger partial charge in [-0.2, -0.15) is 0 Å². The van der Waals surface area contributed by atoms with Crippen molar-refractivity contribution in [2.45, 2.75) is 19.9 Å². The highest BCUT2D eigenvalue weighted by Crippen LogP contribution is 2.26. The first-order valence-electron chi connectivity index (χ1n) is 10.5. The highest BCUT2D eigenvalue weighted by molar-refractivity contribution is 7.09. The van der Waals surface area contributed by atoms with Gasteiger partial charge in [0.25, 0.3) is 17.7 Å². The fraction of sp³-hybridized carbons (Fsp3) is 0.167. The Morgan fingerprint density at radius 1 is 0.971 bits per heavy atom. The molecule has 178 valence electrons. The quantitative estimate of drug-likeness (QED) is 0.292. The summed E-state index contributed by atoms with van der Waals surface area (Å²) in [4.78, 5) is 66.9. The number of hydrazine groups is 1. The number of hydrogen-bond acceptors (Lipinski definition) is 8. The Hall–Kier alpha value is -4.38. The van der Waals surface area contributed by atoms with Gasteiger partial charge in [-0.3, -0.25) is 34.9 Å². The molecule has 10 nitrogen and oxygen atoms in total. The number of amides is 4. The van der Waals surface area contributed by atoms with Crippen molar-refractivity contribution in [1.29, 1.82) is 0 Å². The Bertz CT molecular complexity index is 1320. The van der Waals surface area contributed by atoms with Gasteiger partial charge >= 0.3 is 5.97 Å². The Morgan fingerprint density at radius 2 is 1.69 bits per heavy atom. The van der Waals surface area contributed by atoms with Crippen molar-refractivity contribution in [3.63, 3.8) is 0 Å².